The maximum Gasteiger partial charge on any atom is 0.277 e. The van der Waals surface area contributed by atoms with Crippen LogP contribution >= 0.6 is 23.2 Å². The number of hydrogen-bond donors (Lipinski definition) is 1. The third-order valence-corrected chi connectivity index (χ3v) is 3.79. The molecule has 0 aliphatic heterocycles. The standard InChI is InChI=1S/C17H16Cl2N2O2/c1-11-9-15(7-8-16(11)19)23-10-17(22)21-20-12(2)13-3-5-14(18)6-4-13/h3-9H,10H2,1-2H3,(H,21,22)/b20-12+. The quantitative estimate of drug-likeness (QED) is 0.648. The number of rotatable bonds is 5. The van der Waals surface area contributed by atoms with Crippen molar-refractivity contribution in [1.82, 2.24) is 5.43 Å². The lowest BCUT2D eigenvalue weighted by atomic mass is 10.1. The first-order valence-electron chi connectivity index (χ1n) is 6.94. The van der Waals surface area contributed by atoms with Crippen molar-refractivity contribution < 1.29 is 9.53 Å². The highest BCUT2D eigenvalue weighted by molar-refractivity contribution is 6.31. The highest BCUT2D eigenvalue weighted by Crippen LogP contribution is 2.20. The summed E-state index contributed by atoms with van der Waals surface area (Å²) in [6.45, 7) is 3.54. The summed E-state index contributed by atoms with van der Waals surface area (Å²) in [7, 11) is 0. The van der Waals surface area contributed by atoms with Crippen molar-refractivity contribution in [2.75, 3.05) is 6.61 Å². The van der Waals surface area contributed by atoms with E-state index in [9.17, 15) is 4.79 Å². The molecule has 0 atom stereocenters. The fourth-order valence-corrected chi connectivity index (χ4v) is 2.03. The van der Waals surface area contributed by atoms with Gasteiger partial charge in [0.1, 0.15) is 5.75 Å². The van der Waals surface area contributed by atoms with Crippen LogP contribution in [0.25, 0.3) is 0 Å². The minimum absolute atomic E-state index is 0.127. The summed E-state index contributed by atoms with van der Waals surface area (Å²) >= 11 is 11.8. The highest BCUT2D eigenvalue weighted by atomic mass is 35.5. The van der Waals surface area contributed by atoms with Gasteiger partial charge in [-0.2, -0.15) is 5.10 Å². The molecule has 2 aromatic rings. The van der Waals surface area contributed by atoms with Crippen LogP contribution in [0.5, 0.6) is 5.75 Å². The summed E-state index contributed by atoms with van der Waals surface area (Å²) in [6.07, 6.45) is 0. The molecule has 0 spiro atoms. The Kier molecular flexibility index (Phi) is 6.02. The summed E-state index contributed by atoms with van der Waals surface area (Å²) in [5.41, 5.74) is 4.90. The first-order chi connectivity index (χ1) is 11.0. The summed E-state index contributed by atoms with van der Waals surface area (Å²) in [6, 6.07) is 12.4. The molecule has 0 aliphatic rings. The van der Waals surface area contributed by atoms with Crippen LogP contribution < -0.4 is 10.2 Å². The number of ether oxygens (including phenoxy) is 1. The normalized spacial score (nSPS) is 11.2. The number of hydrogen-bond acceptors (Lipinski definition) is 3. The molecular formula is C17H16Cl2N2O2. The van der Waals surface area contributed by atoms with E-state index in [2.05, 4.69) is 10.5 Å². The number of amides is 1. The van der Waals surface area contributed by atoms with Crippen LogP contribution in [0, 0.1) is 6.92 Å². The van der Waals surface area contributed by atoms with Crippen molar-refractivity contribution in [1.29, 1.82) is 0 Å². The van der Waals surface area contributed by atoms with Crippen LogP contribution in [-0.2, 0) is 4.79 Å². The second kappa shape index (κ2) is 7.99. The zero-order valence-electron chi connectivity index (χ0n) is 12.8. The van der Waals surface area contributed by atoms with Crippen LogP contribution in [0.4, 0.5) is 0 Å². The van der Waals surface area contributed by atoms with Crippen molar-refractivity contribution in [2.24, 2.45) is 5.10 Å². The van der Waals surface area contributed by atoms with Gasteiger partial charge < -0.3 is 4.74 Å². The molecule has 2 aromatic carbocycles. The zero-order chi connectivity index (χ0) is 16.8. The Hall–Kier alpha value is -2.04. The second-order valence-electron chi connectivity index (χ2n) is 4.94. The van der Waals surface area contributed by atoms with E-state index in [0.29, 0.717) is 21.5 Å². The summed E-state index contributed by atoms with van der Waals surface area (Å²) in [5.74, 6) is 0.242. The van der Waals surface area contributed by atoms with Crippen molar-refractivity contribution >= 4 is 34.8 Å². The summed E-state index contributed by atoms with van der Waals surface area (Å²) < 4.78 is 5.40. The fraction of sp³-hybridized carbons (Fsp3) is 0.176. The van der Waals surface area contributed by atoms with Crippen molar-refractivity contribution in [3.05, 3.63) is 63.6 Å². The predicted molar refractivity (Wildman–Crippen MR) is 93.5 cm³/mol. The number of aryl methyl sites for hydroxylation is 1. The second-order valence-corrected chi connectivity index (χ2v) is 5.78. The Morgan fingerprint density at radius 1 is 1.17 bits per heavy atom. The number of benzene rings is 2. The van der Waals surface area contributed by atoms with Crippen LogP contribution in [0.3, 0.4) is 0 Å². The van der Waals surface area contributed by atoms with Crippen molar-refractivity contribution in [3.63, 3.8) is 0 Å². The molecule has 0 bridgehead atoms. The molecule has 120 valence electrons. The van der Waals surface area contributed by atoms with Gasteiger partial charge in [-0.25, -0.2) is 5.43 Å². The molecule has 4 nitrogen and oxygen atoms in total. The van der Waals surface area contributed by atoms with Crippen molar-refractivity contribution in [2.45, 2.75) is 13.8 Å². The summed E-state index contributed by atoms with van der Waals surface area (Å²) in [5, 5.41) is 5.35. The number of carbonyl (C=O) groups excluding carboxylic acids is 1. The van der Waals surface area contributed by atoms with Gasteiger partial charge in [-0.05, 0) is 55.3 Å². The number of hydrazone groups is 1. The molecule has 6 heteroatoms. The van der Waals surface area contributed by atoms with Gasteiger partial charge in [-0.1, -0.05) is 35.3 Å². The van der Waals surface area contributed by atoms with E-state index in [1.807, 2.05) is 19.1 Å². The minimum Gasteiger partial charge on any atom is -0.484 e. The molecule has 0 saturated carbocycles. The van der Waals surface area contributed by atoms with E-state index >= 15 is 0 Å². The largest absolute Gasteiger partial charge is 0.484 e. The van der Waals surface area contributed by atoms with Crippen molar-refractivity contribution in [3.8, 4) is 5.75 Å². The fourth-order valence-electron chi connectivity index (χ4n) is 1.79. The molecule has 0 heterocycles. The molecule has 1 amide bonds. The van der Waals surface area contributed by atoms with E-state index in [-0.39, 0.29) is 12.5 Å². The number of halogens is 2. The van der Waals surface area contributed by atoms with Crippen LogP contribution in [0.1, 0.15) is 18.1 Å². The summed E-state index contributed by atoms with van der Waals surface area (Å²) in [4.78, 5) is 11.8. The first kappa shape index (κ1) is 17.3. The molecule has 0 aromatic heterocycles. The first-order valence-corrected chi connectivity index (χ1v) is 7.69. The van der Waals surface area contributed by atoms with Gasteiger partial charge in [-0.15, -0.1) is 0 Å². The topological polar surface area (TPSA) is 50.7 Å². The van der Waals surface area contributed by atoms with Crippen LogP contribution in [0.15, 0.2) is 47.6 Å². The SMILES string of the molecule is C/C(=N\NC(=O)COc1ccc(Cl)c(C)c1)c1ccc(Cl)cc1. The third-order valence-electron chi connectivity index (χ3n) is 3.11. The van der Waals surface area contributed by atoms with Gasteiger partial charge in [0.05, 0.1) is 5.71 Å². The number of carbonyl (C=O) groups is 1. The Bertz CT molecular complexity index is 728. The van der Waals surface area contributed by atoms with Gasteiger partial charge in [0.2, 0.25) is 0 Å². The lowest BCUT2D eigenvalue weighted by Gasteiger charge is -2.07. The van der Waals surface area contributed by atoms with E-state index < -0.39 is 0 Å². The van der Waals surface area contributed by atoms with Gasteiger partial charge in [0.15, 0.2) is 6.61 Å². The lowest BCUT2D eigenvalue weighted by Crippen LogP contribution is -2.25. The average Bonchev–Trinajstić information content (AvgIpc) is 2.54. The smallest absolute Gasteiger partial charge is 0.277 e. The predicted octanol–water partition coefficient (Wildman–Crippen LogP) is 4.22. The molecule has 0 saturated heterocycles. The Labute approximate surface area is 145 Å². The van der Waals surface area contributed by atoms with Crippen LogP contribution in [-0.4, -0.2) is 18.2 Å². The Morgan fingerprint density at radius 2 is 1.87 bits per heavy atom. The van der Waals surface area contributed by atoms with E-state index in [4.69, 9.17) is 27.9 Å². The van der Waals surface area contributed by atoms with E-state index in [0.717, 1.165) is 11.1 Å². The van der Waals surface area contributed by atoms with E-state index in [1.165, 1.54) is 0 Å². The molecule has 1 N–H and O–H groups in total. The van der Waals surface area contributed by atoms with E-state index in [1.54, 1.807) is 37.3 Å². The average molecular weight is 351 g/mol. The highest BCUT2D eigenvalue weighted by Gasteiger charge is 2.04. The number of nitrogens with zero attached hydrogens (tertiary/aromatic N) is 1. The Balaban J connectivity index is 1.88. The van der Waals surface area contributed by atoms with Gasteiger partial charge in [-0.3, -0.25) is 4.79 Å². The molecule has 0 unspecified atom stereocenters. The third kappa shape index (κ3) is 5.27. The minimum atomic E-state index is -0.342. The number of nitrogens with one attached hydrogen (secondary N) is 1. The van der Waals surface area contributed by atoms with Gasteiger partial charge >= 0.3 is 0 Å². The van der Waals surface area contributed by atoms with Crippen LogP contribution in [0.2, 0.25) is 10.0 Å². The zero-order valence-corrected chi connectivity index (χ0v) is 14.3. The van der Waals surface area contributed by atoms with Gasteiger partial charge in [0, 0.05) is 10.0 Å². The maximum atomic E-state index is 11.8. The molecule has 0 radical (unpaired) electrons. The molecule has 23 heavy (non-hydrogen) atoms. The molecule has 0 aliphatic carbocycles. The molecular weight excluding hydrogens is 335 g/mol. The Morgan fingerprint density at radius 3 is 2.52 bits per heavy atom. The lowest BCUT2D eigenvalue weighted by molar-refractivity contribution is -0.123. The maximum absolute atomic E-state index is 11.8. The molecule has 0 fully saturated rings. The monoisotopic (exact) mass is 350 g/mol. The van der Waals surface area contributed by atoms with Gasteiger partial charge in [0.25, 0.3) is 5.91 Å². The molecule has 2 rings (SSSR count).